The number of carbonyl (C=O) groups is 1. The molecule has 1 heterocycles. The Hall–Kier alpha value is -4.64. The van der Waals surface area contributed by atoms with Gasteiger partial charge in [-0.2, -0.15) is 5.26 Å². The molecule has 1 aliphatic rings. The van der Waals surface area contributed by atoms with Crippen molar-refractivity contribution < 1.29 is 23.7 Å². The van der Waals surface area contributed by atoms with Gasteiger partial charge >= 0.3 is 5.97 Å². The summed E-state index contributed by atoms with van der Waals surface area (Å²) in [4.78, 5) is 12.4. The summed E-state index contributed by atoms with van der Waals surface area (Å²) >= 11 is 11.9. The molecule has 1 aliphatic heterocycles. The molecule has 200 valence electrons. The molecule has 0 amide bonds. The minimum Gasteiger partial charge on any atom is -0.489 e. The van der Waals surface area contributed by atoms with Crippen LogP contribution in [0.4, 0.5) is 0 Å². The SMILES string of the molecule is N#CC1=C(N)Oc2cc(OC(=O)COc3cccc(Cl)c3)ccc2C1c1ccc(OCc2ccc(Cl)cc2)cc1. The highest BCUT2D eigenvalue weighted by Crippen LogP contribution is 2.43. The van der Waals surface area contributed by atoms with Crippen molar-refractivity contribution in [2.75, 3.05) is 6.61 Å². The van der Waals surface area contributed by atoms with Gasteiger partial charge in [-0.15, -0.1) is 0 Å². The monoisotopic (exact) mass is 572 g/mol. The molecular formula is C31H22Cl2N2O5. The molecule has 0 fully saturated rings. The standard InChI is InChI=1S/C31H22Cl2N2O5/c32-21-8-4-19(5-9-21)17-37-23-10-6-20(7-11-23)30-26-13-12-25(15-28(26)40-31(35)27(30)16-34)39-29(36)18-38-24-3-1-2-22(33)14-24/h1-15,30H,17-18,35H2. The lowest BCUT2D eigenvalue weighted by Gasteiger charge is -2.26. The van der Waals surface area contributed by atoms with Crippen molar-refractivity contribution in [1.82, 2.24) is 0 Å². The molecule has 4 aromatic carbocycles. The van der Waals surface area contributed by atoms with Crippen LogP contribution in [0.5, 0.6) is 23.0 Å². The fourth-order valence-corrected chi connectivity index (χ4v) is 4.51. The van der Waals surface area contributed by atoms with Crippen LogP contribution in [-0.2, 0) is 11.4 Å². The van der Waals surface area contributed by atoms with Gasteiger partial charge in [-0.05, 0) is 59.7 Å². The molecule has 2 N–H and O–H groups in total. The Balaban J connectivity index is 1.30. The lowest BCUT2D eigenvalue weighted by molar-refractivity contribution is -0.136. The minimum absolute atomic E-state index is 0.0177. The zero-order valence-electron chi connectivity index (χ0n) is 21.0. The Labute approximate surface area is 240 Å². The first-order chi connectivity index (χ1) is 19.4. The average Bonchev–Trinajstić information content (AvgIpc) is 2.95. The summed E-state index contributed by atoms with van der Waals surface area (Å²) < 4.78 is 22.5. The van der Waals surface area contributed by atoms with Crippen LogP contribution >= 0.6 is 23.2 Å². The first kappa shape index (κ1) is 26.9. The molecule has 40 heavy (non-hydrogen) atoms. The smallest absolute Gasteiger partial charge is 0.349 e. The lowest BCUT2D eigenvalue weighted by Crippen LogP contribution is -2.21. The van der Waals surface area contributed by atoms with Crippen molar-refractivity contribution in [2.24, 2.45) is 5.73 Å². The predicted molar refractivity (Wildman–Crippen MR) is 151 cm³/mol. The second-order valence-electron chi connectivity index (χ2n) is 8.83. The van der Waals surface area contributed by atoms with Gasteiger partial charge in [0.1, 0.15) is 41.2 Å². The van der Waals surface area contributed by atoms with Gasteiger partial charge in [-0.25, -0.2) is 4.79 Å². The molecule has 4 aromatic rings. The van der Waals surface area contributed by atoms with E-state index in [9.17, 15) is 10.1 Å². The number of halogens is 2. The number of ether oxygens (including phenoxy) is 4. The molecule has 1 unspecified atom stereocenters. The molecule has 0 spiro atoms. The lowest BCUT2D eigenvalue weighted by atomic mass is 9.83. The van der Waals surface area contributed by atoms with Crippen LogP contribution in [0.1, 0.15) is 22.6 Å². The number of fused-ring (bicyclic) bond motifs is 1. The number of nitrogens with zero attached hydrogens (tertiary/aromatic N) is 1. The summed E-state index contributed by atoms with van der Waals surface area (Å²) in [6, 6.07) is 28.7. The molecular weight excluding hydrogens is 551 g/mol. The Morgan fingerprint density at radius 3 is 2.35 bits per heavy atom. The number of benzene rings is 4. The van der Waals surface area contributed by atoms with E-state index in [0.717, 1.165) is 11.1 Å². The molecule has 1 atom stereocenters. The fourth-order valence-electron chi connectivity index (χ4n) is 4.21. The zero-order chi connectivity index (χ0) is 28.1. The minimum atomic E-state index is -0.609. The Kier molecular flexibility index (Phi) is 8.11. The number of hydrogen-bond donors (Lipinski definition) is 1. The van der Waals surface area contributed by atoms with Crippen LogP contribution in [0.3, 0.4) is 0 Å². The third kappa shape index (κ3) is 6.32. The van der Waals surface area contributed by atoms with E-state index in [-0.39, 0.29) is 23.8 Å². The van der Waals surface area contributed by atoms with E-state index in [1.54, 1.807) is 42.5 Å². The Bertz CT molecular complexity index is 1610. The highest BCUT2D eigenvalue weighted by molar-refractivity contribution is 6.30. The van der Waals surface area contributed by atoms with Crippen LogP contribution in [0.25, 0.3) is 0 Å². The number of rotatable bonds is 8. The van der Waals surface area contributed by atoms with Gasteiger partial charge in [0, 0.05) is 21.7 Å². The first-order valence-electron chi connectivity index (χ1n) is 12.2. The highest BCUT2D eigenvalue weighted by Gasteiger charge is 2.31. The van der Waals surface area contributed by atoms with Gasteiger partial charge in [-0.1, -0.05) is 59.6 Å². The van der Waals surface area contributed by atoms with E-state index in [1.165, 1.54) is 0 Å². The highest BCUT2D eigenvalue weighted by atomic mass is 35.5. The number of hydrogen-bond acceptors (Lipinski definition) is 7. The van der Waals surface area contributed by atoms with E-state index in [2.05, 4.69) is 6.07 Å². The maximum Gasteiger partial charge on any atom is 0.349 e. The summed E-state index contributed by atoms with van der Waals surface area (Å²) in [5.41, 5.74) is 8.92. The van der Waals surface area contributed by atoms with E-state index < -0.39 is 11.9 Å². The van der Waals surface area contributed by atoms with Crippen LogP contribution in [0, 0.1) is 11.3 Å². The molecule has 0 bridgehead atoms. The van der Waals surface area contributed by atoms with Gasteiger partial charge in [0.25, 0.3) is 0 Å². The van der Waals surface area contributed by atoms with Crippen molar-refractivity contribution in [3.8, 4) is 29.1 Å². The predicted octanol–water partition coefficient (Wildman–Crippen LogP) is 6.77. The summed E-state index contributed by atoms with van der Waals surface area (Å²) in [7, 11) is 0. The van der Waals surface area contributed by atoms with Crippen LogP contribution < -0.4 is 24.7 Å². The van der Waals surface area contributed by atoms with E-state index in [0.29, 0.717) is 39.5 Å². The summed E-state index contributed by atoms with van der Waals surface area (Å²) in [5.74, 6) is 0.642. The number of nitrogens with two attached hydrogens (primary N) is 1. The largest absolute Gasteiger partial charge is 0.489 e. The maximum absolute atomic E-state index is 12.4. The van der Waals surface area contributed by atoms with Gasteiger partial charge in [0.15, 0.2) is 6.61 Å². The first-order valence-corrected chi connectivity index (χ1v) is 12.9. The van der Waals surface area contributed by atoms with Gasteiger partial charge < -0.3 is 24.7 Å². The normalized spacial score (nSPS) is 14.0. The van der Waals surface area contributed by atoms with Crippen molar-refractivity contribution >= 4 is 29.2 Å². The molecule has 0 radical (unpaired) electrons. The summed E-state index contributed by atoms with van der Waals surface area (Å²) in [6.45, 7) is 0.0759. The van der Waals surface area contributed by atoms with Gasteiger partial charge in [0.05, 0.1) is 5.92 Å². The average molecular weight is 573 g/mol. The maximum atomic E-state index is 12.4. The topological polar surface area (TPSA) is 104 Å². The number of esters is 1. The molecule has 0 saturated heterocycles. The van der Waals surface area contributed by atoms with E-state index in [4.69, 9.17) is 47.9 Å². The van der Waals surface area contributed by atoms with Crippen molar-refractivity contribution in [3.63, 3.8) is 0 Å². The number of carbonyl (C=O) groups excluding carboxylic acids is 1. The third-order valence-electron chi connectivity index (χ3n) is 6.11. The number of allylic oxidation sites excluding steroid dienone is 1. The van der Waals surface area contributed by atoms with E-state index in [1.807, 2.05) is 48.5 Å². The fraction of sp³-hybridized carbons (Fsp3) is 0.0968. The van der Waals surface area contributed by atoms with Crippen molar-refractivity contribution in [2.45, 2.75) is 12.5 Å². The van der Waals surface area contributed by atoms with Gasteiger partial charge in [-0.3, -0.25) is 0 Å². The Morgan fingerprint density at radius 2 is 1.62 bits per heavy atom. The molecule has 0 aromatic heterocycles. The Morgan fingerprint density at radius 1 is 0.875 bits per heavy atom. The van der Waals surface area contributed by atoms with Crippen molar-refractivity contribution in [3.05, 3.63) is 129 Å². The summed E-state index contributed by atoms with van der Waals surface area (Å²) in [5, 5.41) is 11.0. The molecule has 9 heteroatoms. The quantitative estimate of drug-likeness (QED) is 0.183. The van der Waals surface area contributed by atoms with Crippen LogP contribution in [0.15, 0.2) is 102 Å². The molecule has 5 rings (SSSR count). The zero-order valence-corrected chi connectivity index (χ0v) is 22.5. The number of nitriles is 1. The van der Waals surface area contributed by atoms with Crippen LogP contribution in [-0.4, -0.2) is 12.6 Å². The molecule has 0 aliphatic carbocycles. The second kappa shape index (κ2) is 12.0. The second-order valence-corrected chi connectivity index (χ2v) is 9.70. The molecule has 0 saturated carbocycles. The summed E-state index contributed by atoms with van der Waals surface area (Å²) in [6.07, 6.45) is 0. The van der Waals surface area contributed by atoms with E-state index >= 15 is 0 Å². The molecule has 7 nitrogen and oxygen atoms in total. The third-order valence-corrected chi connectivity index (χ3v) is 6.59. The van der Waals surface area contributed by atoms with Crippen molar-refractivity contribution in [1.29, 1.82) is 5.26 Å². The van der Waals surface area contributed by atoms with Crippen LogP contribution in [0.2, 0.25) is 10.0 Å². The van der Waals surface area contributed by atoms with Gasteiger partial charge in [0.2, 0.25) is 5.88 Å².